The van der Waals surface area contributed by atoms with Crippen LogP contribution in [0.3, 0.4) is 0 Å². The second kappa shape index (κ2) is 6.81. The van der Waals surface area contributed by atoms with E-state index < -0.39 is 0 Å². The largest absolute Gasteiger partial charge is 0.456 e. The molecule has 0 unspecified atom stereocenters. The number of halogens is 1. The first kappa shape index (κ1) is 15.5. The number of nitrogens with zero attached hydrogens (tertiary/aromatic N) is 2. The molecule has 0 atom stereocenters. The van der Waals surface area contributed by atoms with E-state index in [1.165, 1.54) is 0 Å². The molecule has 0 saturated carbocycles. The Morgan fingerprint density at radius 3 is 2.65 bits per heavy atom. The van der Waals surface area contributed by atoms with Crippen LogP contribution in [-0.2, 0) is 22.7 Å². The molecular weight excluding hydrogens is 316 g/mol. The number of esters is 1. The number of hydrogen-bond acceptors (Lipinski definition) is 4. The van der Waals surface area contributed by atoms with Crippen molar-refractivity contribution in [3.63, 3.8) is 0 Å². The Hall–Kier alpha value is -2.37. The van der Waals surface area contributed by atoms with Gasteiger partial charge >= 0.3 is 5.97 Å². The van der Waals surface area contributed by atoms with Crippen molar-refractivity contribution in [1.29, 1.82) is 0 Å². The number of benzene rings is 1. The Labute approximate surface area is 138 Å². The minimum atomic E-state index is -0.385. The Balaban J connectivity index is 1.65. The number of aromatic nitrogens is 2. The van der Waals surface area contributed by atoms with Gasteiger partial charge in [0, 0.05) is 19.5 Å². The maximum atomic E-state index is 12.0. The fourth-order valence-corrected chi connectivity index (χ4v) is 2.38. The summed E-state index contributed by atoms with van der Waals surface area (Å²) < 4.78 is 12.1. The van der Waals surface area contributed by atoms with E-state index in [0.717, 1.165) is 11.2 Å². The summed E-state index contributed by atoms with van der Waals surface area (Å²) in [5, 5.41) is 0.620. The fourth-order valence-electron chi connectivity index (χ4n) is 2.21. The van der Waals surface area contributed by atoms with E-state index in [4.69, 9.17) is 21.1 Å². The first-order valence-corrected chi connectivity index (χ1v) is 7.41. The second-order valence-corrected chi connectivity index (χ2v) is 5.49. The second-order valence-electron chi connectivity index (χ2n) is 5.05. The number of ether oxygens (including phenoxy) is 2. The molecule has 3 aromatic rings. The Morgan fingerprint density at radius 2 is 1.91 bits per heavy atom. The maximum absolute atomic E-state index is 12.0. The third-order valence-corrected chi connectivity index (χ3v) is 3.54. The van der Waals surface area contributed by atoms with Crippen molar-refractivity contribution in [3.05, 3.63) is 70.6 Å². The summed E-state index contributed by atoms with van der Waals surface area (Å²) in [6.45, 7) is 0.622. The van der Waals surface area contributed by atoms with Crippen molar-refractivity contribution >= 4 is 23.2 Å². The number of methoxy groups -OCH3 is 1. The van der Waals surface area contributed by atoms with Crippen molar-refractivity contribution in [2.24, 2.45) is 0 Å². The van der Waals surface area contributed by atoms with Gasteiger partial charge in [0.05, 0.1) is 22.9 Å². The molecule has 0 bridgehead atoms. The molecule has 0 spiro atoms. The highest BCUT2D eigenvalue weighted by atomic mass is 35.5. The van der Waals surface area contributed by atoms with E-state index in [2.05, 4.69) is 4.98 Å². The molecule has 2 heterocycles. The van der Waals surface area contributed by atoms with Crippen molar-refractivity contribution < 1.29 is 14.3 Å². The summed E-state index contributed by atoms with van der Waals surface area (Å²) in [6.07, 6.45) is 3.54. The molecule has 0 radical (unpaired) electrons. The van der Waals surface area contributed by atoms with Gasteiger partial charge in [0.2, 0.25) is 0 Å². The topological polar surface area (TPSA) is 52.8 Å². The van der Waals surface area contributed by atoms with Gasteiger partial charge in [0.25, 0.3) is 0 Å². The molecule has 0 aliphatic heterocycles. The lowest BCUT2D eigenvalue weighted by atomic mass is 10.1. The van der Waals surface area contributed by atoms with Gasteiger partial charge in [-0.3, -0.25) is 0 Å². The van der Waals surface area contributed by atoms with Crippen LogP contribution < -0.4 is 0 Å². The monoisotopic (exact) mass is 330 g/mol. The lowest BCUT2D eigenvalue weighted by molar-refractivity contribution is 0.0468. The number of carbonyl (C=O) groups is 1. The zero-order valence-electron chi connectivity index (χ0n) is 12.5. The molecule has 23 heavy (non-hydrogen) atoms. The predicted molar refractivity (Wildman–Crippen MR) is 86.5 cm³/mol. The van der Waals surface area contributed by atoms with Gasteiger partial charge in [0.1, 0.15) is 12.3 Å². The highest BCUT2D eigenvalue weighted by Gasteiger charge is 2.09. The lowest BCUT2D eigenvalue weighted by Gasteiger charge is -2.04. The molecule has 0 saturated heterocycles. The smallest absolute Gasteiger partial charge is 0.338 e. The Morgan fingerprint density at radius 1 is 1.13 bits per heavy atom. The van der Waals surface area contributed by atoms with Gasteiger partial charge in [-0.15, -0.1) is 0 Å². The van der Waals surface area contributed by atoms with Crippen LogP contribution in [0, 0.1) is 0 Å². The summed E-state index contributed by atoms with van der Waals surface area (Å²) in [7, 11) is 1.63. The third kappa shape index (κ3) is 3.70. The molecule has 5 nitrogen and oxygen atoms in total. The number of carbonyl (C=O) groups excluding carboxylic acids is 1. The van der Waals surface area contributed by atoms with Crippen LogP contribution in [0.1, 0.15) is 21.6 Å². The summed E-state index contributed by atoms with van der Waals surface area (Å²) in [4.78, 5) is 16.4. The van der Waals surface area contributed by atoms with E-state index in [1.807, 2.05) is 18.2 Å². The van der Waals surface area contributed by atoms with Crippen molar-refractivity contribution in [3.8, 4) is 0 Å². The first-order chi connectivity index (χ1) is 11.2. The van der Waals surface area contributed by atoms with E-state index >= 15 is 0 Å². The number of pyridine rings is 1. The minimum absolute atomic E-state index is 0.109. The van der Waals surface area contributed by atoms with Crippen LogP contribution in [0.2, 0.25) is 5.02 Å². The van der Waals surface area contributed by atoms with Crippen LogP contribution in [0.5, 0.6) is 0 Å². The molecule has 0 aliphatic carbocycles. The summed E-state index contributed by atoms with van der Waals surface area (Å²) in [6, 6.07) is 10.7. The summed E-state index contributed by atoms with van der Waals surface area (Å²) in [5.41, 5.74) is 2.92. The molecule has 0 aliphatic rings. The van der Waals surface area contributed by atoms with Gasteiger partial charge in [-0.25, -0.2) is 9.78 Å². The molecule has 0 fully saturated rings. The summed E-state index contributed by atoms with van der Waals surface area (Å²) in [5.74, 6) is -0.385. The zero-order chi connectivity index (χ0) is 16.2. The standard InChI is InChI=1S/C17H15ClN2O3/c1-22-10-12-2-4-13(5-3-12)17(21)23-11-15-9-20-8-14(18)6-7-16(20)19-15/h2-9H,10-11H2,1H3. The average Bonchev–Trinajstić information content (AvgIpc) is 2.95. The number of imidazole rings is 1. The lowest BCUT2D eigenvalue weighted by Crippen LogP contribution is -2.05. The van der Waals surface area contributed by atoms with E-state index in [1.54, 1.807) is 42.1 Å². The van der Waals surface area contributed by atoms with Crippen molar-refractivity contribution in [2.75, 3.05) is 7.11 Å². The number of rotatable bonds is 5. The van der Waals surface area contributed by atoms with Gasteiger partial charge in [-0.1, -0.05) is 23.7 Å². The zero-order valence-corrected chi connectivity index (χ0v) is 13.3. The van der Waals surface area contributed by atoms with Crippen LogP contribution in [-0.4, -0.2) is 22.5 Å². The minimum Gasteiger partial charge on any atom is -0.456 e. The molecule has 0 amide bonds. The van der Waals surface area contributed by atoms with E-state index in [9.17, 15) is 4.79 Å². The quantitative estimate of drug-likeness (QED) is 0.672. The molecule has 0 N–H and O–H groups in total. The fraction of sp³-hybridized carbons (Fsp3) is 0.176. The van der Waals surface area contributed by atoms with Gasteiger partial charge in [0.15, 0.2) is 0 Å². The average molecular weight is 331 g/mol. The molecule has 1 aromatic carbocycles. The third-order valence-electron chi connectivity index (χ3n) is 3.32. The van der Waals surface area contributed by atoms with Crippen LogP contribution in [0.15, 0.2) is 48.8 Å². The normalized spacial score (nSPS) is 10.9. The molecule has 118 valence electrons. The van der Waals surface area contributed by atoms with E-state index in [-0.39, 0.29) is 12.6 Å². The van der Waals surface area contributed by atoms with E-state index in [0.29, 0.717) is 22.9 Å². The summed E-state index contributed by atoms with van der Waals surface area (Å²) >= 11 is 5.93. The van der Waals surface area contributed by atoms with Gasteiger partial charge in [-0.2, -0.15) is 0 Å². The van der Waals surface area contributed by atoms with Gasteiger partial charge in [-0.05, 0) is 29.8 Å². The molecule has 3 rings (SSSR count). The van der Waals surface area contributed by atoms with Gasteiger partial charge < -0.3 is 13.9 Å². The van der Waals surface area contributed by atoms with Crippen molar-refractivity contribution in [1.82, 2.24) is 9.38 Å². The molecular formula is C17H15ClN2O3. The number of fused-ring (bicyclic) bond motifs is 1. The molecule has 6 heteroatoms. The Bertz CT molecular complexity index is 827. The number of hydrogen-bond donors (Lipinski definition) is 0. The van der Waals surface area contributed by atoms with Crippen molar-refractivity contribution in [2.45, 2.75) is 13.2 Å². The molecule has 2 aromatic heterocycles. The Kier molecular flexibility index (Phi) is 4.60. The van der Waals surface area contributed by atoms with Crippen LogP contribution in [0.25, 0.3) is 5.65 Å². The van der Waals surface area contributed by atoms with Crippen LogP contribution >= 0.6 is 11.6 Å². The highest BCUT2D eigenvalue weighted by Crippen LogP contribution is 2.13. The first-order valence-electron chi connectivity index (χ1n) is 7.04. The highest BCUT2D eigenvalue weighted by molar-refractivity contribution is 6.30. The predicted octanol–water partition coefficient (Wildman–Crippen LogP) is 3.49. The van der Waals surface area contributed by atoms with Crippen LogP contribution in [0.4, 0.5) is 0 Å². The SMILES string of the molecule is COCc1ccc(C(=O)OCc2cn3cc(Cl)ccc3n2)cc1. The maximum Gasteiger partial charge on any atom is 0.338 e.